The van der Waals surface area contributed by atoms with Gasteiger partial charge < -0.3 is 14.2 Å². The van der Waals surface area contributed by atoms with Gasteiger partial charge in [-0.15, -0.1) is 11.8 Å². The van der Waals surface area contributed by atoms with Crippen molar-refractivity contribution in [2.75, 3.05) is 33.6 Å². The third-order valence-electron chi connectivity index (χ3n) is 5.42. The molecule has 6 nitrogen and oxygen atoms in total. The Balaban J connectivity index is 1.69. The summed E-state index contributed by atoms with van der Waals surface area (Å²) in [5, 5.41) is -0.427. The van der Waals surface area contributed by atoms with E-state index in [1.54, 1.807) is 57.4 Å². The van der Waals surface area contributed by atoms with E-state index < -0.39 is 15.4 Å². The first-order valence-corrected chi connectivity index (χ1v) is 12.6. The Morgan fingerprint density at radius 2 is 1.41 bits per heavy atom. The molecule has 0 N–H and O–H groups in total. The van der Waals surface area contributed by atoms with E-state index in [0.717, 1.165) is 16.7 Å². The van der Waals surface area contributed by atoms with Gasteiger partial charge in [0.25, 0.3) is 0 Å². The summed E-state index contributed by atoms with van der Waals surface area (Å²) in [4.78, 5) is 0.268. The number of methoxy groups -OCH3 is 3. The monoisotopic (exact) mass is 471 g/mol. The normalized spacial score (nSPS) is 16.7. The van der Waals surface area contributed by atoms with Crippen molar-refractivity contribution in [3.63, 3.8) is 0 Å². The van der Waals surface area contributed by atoms with Crippen LogP contribution in [0.2, 0.25) is 0 Å². The molecule has 1 aliphatic rings. The number of hydrogen-bond donors (Lipinski definition) is 0. The van der Waals surface area contributed by atoms with E-state index in [9.17, 15) is 8.42 Å². The highest BCUT2D eigenvalue weighted by Crippen LogP contribution is 2.47. The second kappa shape index (κ2) is 9.44. The maximum atomic E-state index is 13.6. The standard InChI is InChI=1S/C24H25NO5S2/c1-28-21-16-23(30-3)22(29-2)15-20(21)24-25(13-14-31-24)32(26,27)19-11-9-18(10-12-19)17-7-5-4-6-8-17/h4-12,15-16,24H,13-14H2,1-3H3. The van der Waals surface area contributed by atoms with Crippen molar-refractivity contribution in [2.24, 2.45) is 0 Å². The molecule has 0 aromatic heterocycles. The summed E-state index contributed by atoms with van der Waals surface area (Å²) < 4.78 is 45.0. The number of ether oxygens (including phenoxy) is 3. The summed E-state index contributed by atoms with van der Waals surface area (Å²) in [6.45, 7) is 0.412. The van der Waals surface area contributed by atoms with E-state index in [1.807, 2.05) is 42.5 Å². The van der Waals surface area contributed by atoms with Gasteiger partial charge >= 0.3 is 0 Å². The topological polar surface area (TPSA) is 65.1 Å². The molecule has 0 radical (unpaired) electrons. The van der Waals surface area contributed by atoms with Gasteiger partial charge in [0.2, 0.25) is 10.0 Å². The number of hydrogen-bond acceptors (Lipinski definition) is 6. The van der Waals surface area contributed by atoms with Crippen LogP contribution in [-0.4, -0.2) is 46.4 Å². The first-order chi connectivity index (χ1) is 15.5. The summed E-state index contributed by atoms with van der Waals surface area (Å²) in [5.41, 5.74) is 2.75. The van der Waals surface area contributed by atoms with Gasteiger partial charge in [0, 0.05) is 23.9 Å². The van der Waals surface area contributed by atoms with Gasteiger partial charge in [-0.3, -0.25) is 0 Å². The maximum Gasteiger partial charge on any atom is 0.244 e. The fraction of sp³-hybridized carbons (Fsp3) is 0.250. The fourth-order valence-electron chi connectivity index (χ4n) is 3.78. The van der Waals surface area contributed by atoms with Crippen LogP contribution in [0.25, 0.3) is 11.1 Å². The lowest BCUT2D eigenvalue weighted by atomic mass is 10.1. The molecule has 3 aromatic rings. The largest absolute Gasteiger partial charge is 0.496 e. The predicted octanol–water partition coefficient (Wildman–Crippen LogP) is 4.82. The van der Waals surface area contributed by atoms with Crippen LogP contribution in [0, 0.1) is 0 Å². The lowest BCUT2D eigenvalue weighted by molar-refractivity contribution is 0.344. The molecule has 1 fully saturated rings. The molecule has 4 rings (SSSR count). The Bertz CT molecular complexity index is 1180. The van der Waals surface area contributed by atoms with Gasteiger partial charge in [-0.2, -0.15) is 4.31 Å². The zero-order valence-electron chi connectivity index (χ0n) is 18.1. The van der Waals surface area contributed by atoms with E-state index in [-0.39, 0.29) is 4.90 Å². The van der Waals surface area contributed by atoms with Gasteiger partial charge in [0.1, 0.15) is 5.75 Å². The molecule has 0 spiro atoms. The first-order valence-electron chi connectivity index (χ1n) is 10.1. The zero-order chi connectivity index (χ0) is 22.7. The molecule has 168 valence electrons. The summed E-state index contributed by atoms with van der Waals surface area (Å²) in [6, 6.07) is 20.4. The van der Waals surface area contributed by atoms with Crippen LogP contribution in [0.4, 0.5) is 0 Å². The van der Waals surface area contributed by atoms with Crippen LogP contribution in [0.3, 0.4) is 0 Å². The summed E-state index contributed by atoms with van der Waals surface area (Å²) >= 11 is 1.56. The minimum absolute atomic E-state index is 0.268. The van der Waals surface area contributed by atoms with Gasteiger partial charge in [-0.1, -0.05) is 42.5 Å². The Labute approximate surface area is 193 Å². The smallest absolute Gasteiger partial charge is 0.244 e. The number of nitrogens with zero attached hydrogens (tertiary/aromatic N) is 1. The Kier molecular flexibility index (Phi) is 6.64. The average Bonchev–Trinajstić information content (AvgIpc) is 3.34. The fourth-order valence-corrected chi connectivity index (χ4v) is 7.02. The summed E-state index contributed by atoms with van der Waals surface area (Å²) in [6.07, 6.45) is 0. The highest BCUT2D eigenvalue weighted by atomic mass is 32.2. The lowest BCUT2D eigenvalue weighted by Gasteiger charge is -2.25. The van der Waals surface area contributed by atoms with Crippen molar-refractivity contribution >= 4 is 21.8 Å². The molecule has 0 bridgehead atoms. The molecule has 32 heavy (non-hydrogen) atoms. The molecule has 1 atom stereocenters. The van der Waals surface area contributed by atoms with E-state index in [4.69, 9.17) is 14.2 Å². The Hall–Kier alpha value is -2.68. The van der Waals surface area contributed by atoms with E-state index in [0.29, 0.717) is 29.5 Å². The molecule has 0 aliphatic carbocycles. The van der Waals surface area contributed by atoms with Crippen LogP contribution in [0.1, 0.15) is 10.9 Å². The highest BCUT2D eigenvalue weighted by Gasteiger charge is 2.38. The Morgan fingerprint density at radius 3 is 2.03 bits per heavy atom. The number of thioether (sulfide) groups is 1. The Morgan fingerprint density at radius 1 is 0.812 bits per heavy atom. The van der Waals surface area contributed by atoms with Crippen molar-refractivity contribution in [2.45, 2.75) is 10.3 Å². The number of rotatable bonds is 7. The van der Waals surface area contributed by atoms with Crippen molar-refractivity contribution in [3.05, 3.63) is 72.3 Å². The van der Waals surface area contributed by atoms with E-state index in [2.05, 4.69) is 0 Å². The van der Waals surface area contributed by atoms with Crippen molar-refractivity contribution < 1.29 is 22.6 Å². The van der Waals surface area contributed by atoms with Gasteiger partial charge in [0.05, 0.1) is 31.6 Å². The third kappa shape index (κ3) is 4.18. The molecular formula is C24H25NO5S2. The molecule has 1 aliphatic heterocycles. The van der Waals surface area contributed by atoms with Gasteiger partial charge in [-0.25, -0.2) is 8.42 Å². The lowest BCUT2D eigenvalue weighted by Crippen LogP contribution is -2.30. The predicted molar refractivity (Wildman–Crippen MR) is 127 cm³/mol. The van der Waals surface area contributed by atoms with Crippen LogP contribution in [-0.2, 0) is 10.0 Å². The van der Waals surface area contributed by atoms with Crippen LogP contribution in [0.15, 0.2) is 71.6 Å². The molecule has 0 amide bonds. The minimum atomic E-state index is -3.71. The number of sulfonamides is 1. The summed E-state index contributed by atoms with van der Waals surface area (Å²) in [5.74, 6) is 2.30. The van der Waals surface area contributed by atoms with Crippen LogP contribution < -0.4 is 14.2 Å². The van der Waals surface area contributed by atoms with Crippen molar-refractivity contribution in [3.8, 4) is 28.4 Å². The molecule has 3 aromatic carbocycles. The van der Waals surface area contributed by atoms with E-state index in [1.165, 1.54) is 4.31 Å². The second-order valence-electron chi connectivity index (χ2n) is 7.18. The zero-order valence-corrected chi connectivity index (χ0v) is 19.8. The molecular weight excluding hydrogens is 446 g/mol. The molecule has 8 heteroatoms. The van der Waals surface area contributed by atoms with Crippen molar-refractivity contribution in [1.29, 1.82) is 0 Å². The molecule has 0 saturated carbocycles. The first kappa shape index (κ1) is 22.5. The molecule has 1 unspecified atom stereocenters. The quantitative estimate of drug-likeness (QED) is 0.493. The van der Waals surface area contributed by atoms with E-state index >= 15 is 0 Å². The summed E-state index contributed by atoms with van der Waals surface area (Å²) in [7, 11) is 0.958. The minimum Gasteiger partial charge on any atom is -0.496 e. The van der Waals surface area contributed by atoms with Crippen LogP contribution in [0.5, 0.6) is 17.2 Å². The SMILES string of the molecule is COc1cc(OC)c(C2SCCN2S(=O)(=O)c2ccc(-c3ccccc3)cc2)cc1OC. The van der Waals surface area contributed by atoms with Gasteiger partial charge in [-0.05, 0) is 29.3 Å². The number of benzene rings is 3. The van der Waals surface area contributed by atoms with Crippen LogP contribution >= 0.6 is 11.8 Å². The third-order valence-corrected chi connectivity index (χ3v) is 8.67. The maximum absolute atomic E-state index is 13.6. The molecule has 1 saturated heterocycles. The molecule has 1 heterocycles. The second-order valence-corrected chi connectivity index (χ2v) is 10.3. The van der Waals surface area contributed by atoms with Crippen molar-refractivity contribution in [1.82, 2.24) is 4.31 Å². The average molecular weight is 472 g/mol. The van der Waals surface area contributed by atoms with Gasteiger partial charge in [0.15, 0.2) is 11.5 Å². The highest BCUT2D eigenvalue weighted by molar-refractivity contribution is 8.01.